The van der Waals surface area contributed by atoms with E-state index in [0.717, 1.165) is 28.5 Å². The lowest BCUT2D eigenvalue weighted by molar-refractivity contribution is 0.630. The molecule has 0 amide bonds. The predicted octanol–water partition coefficient (Wildman–Crippen LogP) is 2.58. The zero-order chi connectivity index (χ0) is 16.7. The molecule has 0 spiro atoms. The highest BCUT2D eigenvalue weighted by molar-refractivity contribution is 5.65. The molecule has 6 heteroatoms. The number of benzene rings is 1. The Morgan fingerprint density at radius 1 is 0.957 bits per heavy atom. The highest BCUT2D eigenvalue weighted by Crippen LogP contribution is 2.24. The Morgan fingerprint density at radius 2 is 1.61 bits per heavy atom. The molecule has 1 aromatic carbocycles. The van der Waals surface area contributed by atoms with Gasteiger partial charge in [0.1, 0.15) is 5.69 Å². The van der Waals surface area contributed by atoms with Crippen LogP contribution in [0.2, 0.25) is 0 Å². The Kier molecular flexibility index (Phi) is 3.60. The molecule has 0 radical (unpaired) electrons. The summed E-state index contributed by atoms with van der Waals surface area (Å²) >= 11 is 0. The molecule has 0 fully saturated rings. The van der Waals surface area contributed by atoms with Gasteiger partial charge in [-0.2, -0.15) is 5.10 Å². The van der Waals surface area contributed by atoms with Crippen molar-refractivity contribution in [3.05, 3.63) is 57.8 Å². The molecular weight excluding hydrogens is 290 g/mol. The molecule has 23 heavy (non-hydrogen) atoms. The molecule has 6 nitrogen and oxygen atoms in total. The quantitative estimate of drug-likeness (QED) is 0.809. The summed E-state index contributed by atoms with van der Waals surface area (Å²) in [5, 5.41) is 7.68. The van der Waals surface area contributed by atoms with Crippen molar-refractivity contribution in [2.24, 2.45) is 14.1 Å². The van der Waals surface area contributed by atoms with Crippen LogP contribution in [0.3, 0.4) is 0 Å². The molecule has 0 aliphatic carbocycles. The fourth-order valence-corrected chi connectivity index (χ4v) is 2.79. The van der Waals surface area contributed by atoms with Gasteiger partial charge in [-0.05, 0) is 32.9 Å². The second-order valence-corrected chi connectivity index (χ2v) is 5.73. The fourth-order valence-electron chi connectivity index (χ4n) is 2.79. The van der Waals surface area contributed by atoms with E-state index in [-0.39, 0.29) is 5.56 Å². The van der Waals surface area contributed by atoms with E-state index < -0.39 is 0 Å². The molecule has 0 saturated carbocycles. The molecular formula is C17H21N5O. The molecule has 3 rings (SSSR count). The van der Waals surface area contributed by atoms with Gasteiger partial charge >= 0.3 is 0 Å². The first-order valence-electron chi connectivity index (χ1n) is 7.53. The molecule has 2 aromatic heterocycles. The summed E-state index contributed by atoms with van der Waals surface area (Å²) in [7, 11) is 3.78. The zero-order valence-electron chi connectivity index (χ0n) is 14.1. The van der Waals surface area contributed by atoms with Gasteiger partial charge in [0, 0.05) is 14.1 Å². The van der Waals surface area contributed by atoms with Gasteiger partial charge in [0.25, 0.3) is 5.56 Å². The van der Waals surface area contributed by atoms with E-state index >= 15 is 0 Å². The summed E-state index contributed by atoms with van der Waals surface area (Å²) in [6.07, 6.45) is 0. The standard InChI is InChI=1S/C17H21N5O/c1-11-15(12(2)20(4)19-11)18-16-13(3)21(5)22(17(16)23)14-9-7-6-8-10-14/h6-10,18H,1-5H3. The van der Waals surface area contributed by atoms with Crippen LogP contribution in [-0.2, 0) is 14.1 Å². The lowest BCUT2D eigenvalue weighted by Crippen LogP contribution is -2.20. The number of hydrogen-bond acceptors (Lipinski definition) is 3. The van der Waals surface area contributed by atoms with Crippen LogP contribution >= 0.6 is 0 Å². The number of anilines is 2. The van der Waals surface area contributed by atoms with Gasteiger partial charge in [0.15, 0.2) is 0 Å². The van der Waals surface area contributed by atoms with Crippen molar-refractivity contribution in [2.75, 3.05) is 5.32 Å². The minimum absolute atomic E-state index is 0.0705. The summed E-state index contributed by atoms with van der Waals surface area (Å²) in [6, 6.07) is 9.63. The maximum atomic E-state index is 12.9. The highest BCUT2D eigenvalue weighted by atomic mass is 16.1. The maximum Gasteiger partial charge on any atom is 0.295 e. The van der Waals surface area contributed by atoms with Crippen molar-refractivity contribution in [1.82, 2.24) is 19.1 Å². The molecule has 3 aromatic rings. The van der Waals surface area contributed by atoms with Crippen LogP contribution in [-0.4, -0.2) is 19.1 Å². The SMILES string of the molecule is Cc1nn(C)c(C)c1Nc1c(C)n(C)n(-c2ccccc2)c1=O. The van der Waals surface area contributed by atoms with Crippen molar-refractivity contribution in [3.63, 3.8) is 0 Å². The van der Waals surface area contributed by atoms with Crippen LogP contribution in [0, 0.1) is 20.8 Å². The first-order chi connectivity index (χ1) is 10.9. The molecule has 0 saturated heterocycles. The smallest absolute Gasteiger partial charge is 0.295 e. The second-order valence-electron chi connectivity index (χ2n) is 5.73. The number of aromatic nitrogens is 4. The zero-order valence-corrected chi connectivity index (χ0v) is 14.1. The van der Waals surface area contributed by atoms with Gasteiger partial charge in [0.2, 0.25) is 0 Å². The first kappa shape index (κ1) is 15.1. The van der Waals surface area contributed by atoms with Crippen molar-refractivity contribution in [2.45, 2.75) is 20.8 Å². The van der Waals surface area contributed by atoms with E-state index in [2.05, 4.69) is 10.4 Å². The van der Waals surface area contributed by atoms with Gasteiger partial charge in [-0.3, -0.25) is 14.2 Å². The fraction of sp³-hybridized carbons (Fsp3) is 0.294. The van der Waals surface area contributed by atoms with Gasteiger partial charge in [-0.1, -0.05) is 18.2 Å². The normalized spacial score (nSPS) is 11.0. The highest BCUT2D eigenvalue weighted by Gasteiger charge is 2.18. The Balaban J connectivity index is 2.14. The van der Waals surface area contributed by atoms with Gasteiger partial charge in [0.05, 0.1) is 28.5 Å². The first-order valence-corrected chi connectivity index (χ1v) is 7.53. The number of nitrogens with zero attached hydrogens (tertiary/aromatic N) is 4. The molecule has 0 bridgehead atoms. The topological polar surface area (TPSA) is 56.8 Å². The van der Waals surface area contributed by atoms with Crippen molar-refractivity contribution in [3.8, 4) is 5.69 Å². The summed E-state index contributed by atoms with van der Waals surface area (Å²) in [4.78, 5) is 12.9. The summed E-state index contributed by atoms with van der Waals surface area (Å²) in [6.45, 7) is 5.85. The van der Waals surface area contributed by atoms with E-state index in [9.17, 15) is 4.79 Å². The Morgan fingerprint density at radius 3 is 2.17 bits per heavy atom. The van der Waals surface area contributed by atoms with Crippen LogP contribution in [0.1, 0.15) is 17.1 Å². The minimum Gasteiger partial charge on any atom is -0.346 e. The van der Waals surface area contributed by atoms with Gasteiger partial charge < -0.3 is 5.32 Å². The lowest BCUT2D eigenvalue weighted by atomic mass is 10.3. The number of rotatable bonds is 3. The molecule has 0 atom stereocenters. The van der Waals surface area contributed by atoms with E-state index in [1.165, 1.54) is 0 Å². The lowest BCUT2D eigenvalue weighted by Gasteiger charge is -2.07. The summed E-state index contributed by atoms with van der Waals surface area (Å²) < 4.78 is 5.34. The predicted molar refractivity (Wildman–Crippen MR) is 91.7 cm³/mol. The third kappa shape index (κ3) is 2.36. The van der Waals surface area contributed by atoms with Crippen LogP contribution < -0.4 is 10.9 Å². The number of para-hydroxylation sites is 1. The Bertz CT molecular complexity index is 915. The monoisotopic (exact) mass is 311 g/mol. The largest absolute Gasteiger partial charge is 0.346 e. The van der Waals surface area contributed by atoms with Crippen molar-refractivity contribution >= 4 is 11.4 Å². The van der Waals surface area contributed by atoms with Gasteiger partial charge in [-0.15, -0.1) is 0 Å². The van der Waals surface area contributed by atoms with Crippen LogP contribution in [0.25, 0.3) is 5.69 Å². The minimum atomic E-state index is -0.0705. The van der Waals surface area contributed by atoms with Crippen LogP contribution in [0.5, 0.6) is 0 Å². The third-order valence-electron chi connectivity index (χ3n) is 4.31. The van der Waals surface area contributed by atoms with E-state index in [0.29, 0.717) is 5.69 Å². The van der Waals surface area contributed by atoms with Crippen LogP contribution in [0.4, 0.5) is 11.4 Å². The molecule has 120 valence electrons. The van der Waals surface area contributed by atoms with Crippen LogP contribution in [0.15, 0.2) is 35.1 Å². The number of aryl methyl sites for hydroxylation is 2. The maximum absolute atomic E-state index is 12.9. The third-order valence-corrected chi connectivity index (χ3v) is 4.31. The van der Waals surface area contributed by atoms with Crippen molar-refractivity contribution < 1.29 is 0 Å². The van der Waals surface area contributed by atoms with E-state index in [1.54, 1.807) is 4.68 Å². The van der Waals surface area contributed by atoms with E-state index in [1.807, 2.05) is 74.6 Å². The van der Waals surface area contributed by atoms with E-state index in [4.69, 9.17) is 0 Å². The molecule has 2 heterocycles. The molecule has 0 aliphatic rings. The number of hydrogen-bond donors (Lipinski definition) is 1. The van der Waals surface area contributed by atoms with Crippen molar-refractivity contribution in [1.29, 1.82) is 0 Å². The number of nitrogens with one attached hydrogen (secondary N) is 1. The summed E-state index contributed by atoms with van der Waals surface area (Å²) in [5.74, 6) is 0. The molecule has 0 unspecified atom stereocenters. The average molecular weight is 311 g/mol. The molecule has 0 aliphatic heterocycles. The summed E-state index contributed by atoms with van der Waals surface area (Å²) in [5.41, 5.74) is 4.99. The Labute approximate surface area is 135 Å². The molecule has 1 N–H and O–H groups in total. The van der Waals surface area contributed by atoms with Gasteiger partial charge in [-0.25, -0.2) is 4.68 Å². The Hall–Kier alpha value is -2.76. The average Bonchev–Trinajstić information content (AvgIpc) is 2.89. The second kappa shape index (κ2) is 5.46.